The SMILES string of the molecule is CNc1ncc(C#Cc2ccc(N3CCC3COC)cn2)c2cc(NC(=O)C3CC3)ncc12. The van der Waals surface area contributed by atoms with Crippen LogP contribution >= 0.6 is 0 Å². The Labute approximate surface area is 192 Å². The summed E-state index contributed by atoms with van der Waals surface area (Å²) in [5.41, 5.74) is 2.52. The monoisotopic (exact) mass is 442 g/mol. The smallest absolute Gasteiger partial charge is 0.228 e. The number of pyridine rings is 3. The lowest BCUT2D eigenvalue weighted by atomic mass is 10.0. The van der Waals surface area contributed by atoms with Crippen LogP contribution in [-0.4, -0.2) is 54.2 Å². The Morgan fingerprint density at radius 1 is 1.12 bits per heavy atom. The second kappa shape index (κ2) is 9.04. The van der Waals surface area contributed by atoms with Crippen LogP contribution in [0.2, 0.25) is 0 Å². The normalized spacial score (nSPS) is 17.2. The van der Waals surface area contributed by atoms with Crippen molar-refractivity contribution in [2.24, 2.45) is 5.92 Å². The van der Waals surface area contributed by atoms with Crippen LogP contribution in [0.15, 0.2) is 36.8 Å². The fourth-order valence-electron chi connectivity index (χ4n) is 3.98. The van der Waals surface area contributed by atoms with Crippen LogP contribution in [0.1, 0.15) is 30.5 Å². The van der Waals surface area contributed by atoms with Gasteiger partial charge in [0.2, 0.25) is 5.91 Å². The lowest BCUT2D eigenvalue weighted by molar-refractivity contribution is -0.117. The van der Waals surface area contributed by atoms with Crippen LogP contribution in [0.25, 0.3) is 10.8 Å². The summed E-state index contributed by atoms with van der Waals surface area (Å²) in [5, 5.41) is 7.72. The molecule has 33 heavy (non-hydrogen) atoms. The van der Waals surface area contributed by atoms with Gasteiger partial charge in [-0.1, -0.05) is 5.92 Å². The summed E-state index contributed by atoms with van der Waals surface area (Å²) in [5.74, 6) is 7.72. The second-order valence-electron chi connectivity index (χ2n) is 8.39. The maximum absolute atomic E-state index is 12.2. The van der Waals surface area contributed by atoms with Crippen molar-refractivity contribution in [1.82, 2.24) is 15.0 Å². The van der Waals surface area contributed by atoms with E-state index >= 15 is 0 Å². The molecule has 5 rings (SSSR count). The van der Waals surface area contributed by atoms with Crippen LogP contribution in [0.4, 0.5) is 17.3 Å². The third kappa shape index (κ3) is 4.45. The summed E-state index contributed by atoms with van der Waals surface area (Å²) >= 11 is 0. The van der Waals surface area contributed by atoms with Crippen molar-refractivity contribution >= 4 is 34.0 Å². The van der Waals surface area contributed by atoms with Gasteiger partial charge in [0.05, 0.1) is 30.1 Å². The van der Waals surface area contributed by atoms with E-state index in [9.17, 15) is 4.79 Å². The Hall–Kier alpha value is -3.70. The van der Waals surface area contributed by atoms with E-state index in [1.165, 1.54) is 0 Å². The molecule has 4 heterocycles. The Morgan fingerprint density at radius 3 is 2.67 bits per heavy atom. The third-order valence-corrected chi connectivity index (χ3v) is 6.12. The first-order chi connectivity index (χ1) is 16.2. The van der Waals surface area contributed by atoms with E-state index < -0.39 is 0 Å². The molecule has 3 aromatic heterocycles. The average Bonchev–Trinajstić information content (AvgIpc) is 3.67. The van der Waals surface area contributed by atoms with Gasteiger partial charge in [0.1, 0.15) is 17.3 Å². The van der Waals surface area contributed by atoms with E-state index in [4.69, 9.17) is 4.74 Å². The number of carbonyl (C=O) groups is 1. The predicted molar refractivity (Wildman–Crippen MR) is 128 cm³/mol. The summed E-state index contributed by atoms with van der Waals surface area (Å²) in [6, 6.07) is 6.26. The molecule has 8 nitrogen and oxygen atoms in total. The van der Waals surface area contributed by atoms with Gasteiger partial charge in [0.25, 0.3) is 0 Å². The number of fused-ring (bicyclic) bond motifs is 1. The number of hydrogen-bond acceptors (Lipinski definition) is 7. The van der Waals surface area contributed by atoms with Crippen molar-refractivity contribution in [2.75, 3.05) is 42.8 Å². The maximum atomic E-state index is 12.2. The third-order valence-electron chi connectivity index (χ3n) is 6.12. The topological polar surface area (TPSA) is 92.3 Å². The highest BCUT2D eigenvalue weighted by molar-refractivity contribution is 5.99. The fourth-order valence-corrected chi connectivity index (χ4v) is 3.98. The van der Waals surface area contributed by atoms with Crippen molar-refractivity contribution in [2.45, 2.75) is 25.3 Å². The highest BCUT2D eigenvalue weighted by Crippen LogP contribution is 2.31. The molecular weight excluding hydrogens is 416 g/mol. The first-order valence-corrected chi connectivity index (χ1v) is 11.2. The van der Waals surface area contributed by atoms with Gasteiger partial charge in [-0.15, -0.1) is 0 Å². The fraction of sp³-hybridized carbons (Fsp3) is 0.360. The molecule has 0 bridgehead atoms. The molecule has 0 spiro atoms. The number of rotatable bonds is 6. The zero-order chi connectivity index (χ0) is 22.8. The minimum atomic E-state index is 0.0246. The van der Waals surface area contributed by atoms with Gasteiger partial charge in [0.15, 0.2) is 0 Å². The molecule has 1 saturated carbocycles. The van der Waals surface area contributed by atoms with Crippen LogP contribution < -0.4 is 15.5 Å². The van der Waals surface area contributed by atoms with E-state index in [1.807, 2.05) is 25.4 Å². The number of nitrogens with one attached hydrogen (secondary N) is 2. The molecule has 0 radical (unpaired) electrons. The average molecular weight is 443 g/mol. The minimum Gasteiger partial charge on any atom is -0.383 e. The largest absolute Gasteiger partial charge is 0.383 e. The number of ether oxygens (including phenoxy) is 1. The Bertz CT molecular complexity index is 1240. The van der Waals surface area contributed by atoms with E-state index in [0.29, 0.717) is 23.4 Å². The van der Waals surface area contributed by atoms with Gasteiger partial charge in [-0.3, -0.25) is 4.79 Å². The number of amides is 1. The second-order valence-corrected chi connectivity index (χ2v) is 8.39. The molecule has 1 saturated heterocycles. The molecular formula is C25H26N6O2. The van der Waals surface area contributed by atoms with Gasteiger partial charge in [-0.2, -0.15) is 0 Å². The molecule has 2 N–H and O–H groups in total. The highest BCUT2D eigenvalue weighted by Gasteiger charge is 2.30. The minimum absolute atomic E-state index is 0.0246. The molecule has 1 unspecified atom stereocenters. The van der Waals surface area contributed by atoms with Gasteiger partial charge >= 0.3 is 0 Å². The van der Waals surface area contributed by atoms with Gasteiger partial charge in [-0.05, 0) is 43.4 Å². The Balaban J connectivity index is 1.41. The van der Waals surface area contributed by atoms with E-state index in [1.54, 1.807) is 19.5 Å². The number of carbonyl (C=O) groups excluding carboxylic acids is 1. The zero-order valence-electron chi connectivity index (χ0n) is 18.8. The van der Waals surface area contributed by atoms with Crippen LogP contribution in [0.5, 0.6) is 0 Å². The van der Waals surface area contributed by atoms with E-state index in [0.717, 1.165) is 54.4 Å². The van der Waals surface area contributed by atoms with E-state index in [2.05, 4.69) is 48.4 Å². The van der Waals surface area contributed by atoms with Gasteiger partial charge in [0, 0.05) is 49.8 Å². The molecule has 0 aromatic carbocycles. The first-order valence-electron chi connectivity index (χ1n) is 11.2. The van der Waals surface area contributed by atoms with Crippen molar-refractivity contribution in [3.05, 3.63) is 48.0 Å². The highest BCUT2D eigenvalue weighted by atomic mass is 16.5. The number of anilines is 3. The maximum Gasteiger partial charge on any atom is 0.228 e. The molecule has 3 aromatic rings. The molecule has 1 amide bonds. The molecule has 2 aliphatic rings. The lowest BCUT2D eigenvalue weighted by Gasteiger charge is -2.42. The number of nitrogens with zero attached hydrogens (tertiary/aromatic N) is 4. The first kappa shape index (κ1) is 21.2. The van der Waals surface area contributed by atoms with Crippen LogP contribution in [0.3, 0.4) is 0 Å². The van der Waals surface area contributed by atoms with Crippen LogP contribution in [0, 0.1) is 17.8 Å². The van der Waals surface area contributed by atoms with Crippen molar-refractivity contribution < 1.29 is 9.53 Å². The van der Waals surface area contributed by atoms with Crippen LogP contribution in [-0.2, 0) is 9.53 Å². The van der Waals surface area contributed by atoms with Gasteiger partial charge < -0.3 is 20.3 Å². The summed E-state index contributed by atoms with van der Waals surface area (Å²) < 4.78 is 5.28. The van der Waals surface area contributed by atoms with Gasteiger partial charge in [-0.25, -0.2) is 15.0 Å². The molecule has 2 fully saturated rings. The standard InChI is InChI=1S/C25H26N6O2/c1-26-24-22-14-28-23(30-25(32)16-3-4-16)11-21(22)17(12-29-24)5-6-18-7-8-19(13-27-18)31-10-9-20(31)15-33-2/h7-8,11-14,16,20H,3-4,9-10,15H2,1-2H3,(H,26,29)(H,28,30,32). The summed E-state index contributed by atoms with van der Waals surface area (Å²) in [6.45, 7) is 1.74. The van der Waals surface area contributed by atoms with E-state index in [-0.39, 0.29) is 11.8 Å². The molecule has 168 valence electrons. The summed E-state index contributed by atoms with van der Waals surface area (Å²) in [4.78, 5) is 27.9. The zero-order valence-corrected chi connectivity index (χ0v) is 18.8. The number of hydrogen-bond donors (Lipinski definition) is 2. The van der Waals surface area contributed by atoms with Crippen molar-refractivity contribution in [3.63, 3.8) is 0 Å². The predicted octanol–water partition coefficient (Wildman–Crippen LogP) is 3.04. The quantitative estimate of drug-likeness (QED) is 0.567. The van der Waals surface area contributed by atoms with Crippen molar-refractivity contribution in [3.8, 4) is 11.8 Å². The Morgan fingerprint density at radius 2 is 2.00 bits per heavy atom. The number of methoxy groups -OCH3 is 1. The molecule has 8 heteroatoms. The number of aromatic nitrogens is 3. The molecule has 1 atom stereocenters. The summed E-state index contributed by atoms with van der Waals surface area (Å²) in [7, 11) is 3.55. The summed E-state index contributed by atoms with van der Waals surface area (Å²) in [6.07, 6.45) is 8.34. The molecule has 1 aliphatic carbocycles. The van der Waals surface area contributed by atoms with Crippen molar-refractivity contribution in [1.29, 1.82) is 0 Å². The lowest BCUT2D eigenvalue weighted by Crippen LogP contribution is -2.50. The Kier molecular flexibility index (Phi) is 5.80. The molecule has 1 aliphatic heterocycles.